The highest BCUT2D eigenvalue weighted by Crippen LogP contribution is 2.22. The highest BCUT2D eigenvalue weighted by atomic mass is 32.1. The van der Waals surface area contributed by atoms with E-state index in [2.05, 4.69) is 5.10 Å². The topological polar surface area (TPSA) is 55.1 Å². The van der Waals surface area contributed by atoms with E-state index in [-0.39, 0.29) is 6.54 Å². The zero-order chi connectivity index (χ0) is 9.97. The van der Waals surface area contributed by atoms with E-state index in [0.29, 0.717) is 0 Å². The first-order valence-corrected chi connectivity index (χ1v) is 4.93. The molecule has 72 valence electrons. The molecule has 0 aromatic carbocycles. The SMILES string of the molecule is O=C(O)Cn1ccc(-c2cccs2)n1. The van der Waals surface area contributed by atoms with E-state index in [1.807, 2.05) is 23.6 Å². The van der Waals surface area contributed by atoms with Gasteiger partial charge in [0, 0.05) is 6.20 Å². The van der Waals surface area contributed by atoms with E-state index in [1.54, 1.807) is 17.5 Å². The molecule has 0 aliphatic carbocycles. The zero-order valence-corrected chi connectivity index (χ0v) is 8.07. The molecule has 2 aromatic rings. The molecule has 0 saturated heterocycles. The van der Waals surface area contributed by atoms with Crippen LogP contribution in [0.4, 0.5) is 0 Å². The molecule has 2 rings (SSSR count). The van der Waals surface area contributed by atoms with Gasteiger partial charge in [-0.1, -0.05) is 6.07 Å². The molecular weight excluding hydrogens is 200 g/mol. The number of hydrogen-bond acceptors (Lipinski definition) is 3. The van der Waals surface area contributed by atoms with Crippen LogP contribution < -0.4 is 0 Å². The minimum atomic E-state index is -0.883. The first-order valence-electron chi connectivity index (χ1n) is 4.05. The smallest absolute Gasteiger partial charge is 0.325 e. The van der Waals surface area contributed by atoms with E-state index >= 15 is 0 Å². The Labute approximate surface area is 84.4 Å². The monoisotopic (exact) mass is 208 g/mol. The summed E-state index contributed by atoms with van der Waals surface area (Å²) in [6.07, 6.45) is 1.67. The van der Waals surface area contributed by atoms with Gasteiger partial charge in [0.25, 0.3) is 0 Å². The Morgan fingerprint density at radius 2 is 2.43 bits per heavy atom. The maximum Gasteiger partial charge on any atom is 0.325 e. The predicted octanol–water partition coefficient (Wildman–Crippen LogP) is 1.70. The third-order valence-electron chi connectivity index (χ3n) is 1.71. The molecule has 2 heterocycles. The second kappa shape index (κ2) is 3.63. The molecule has 5 heteroatoms. The van der Waals surface area contributed by atoms with Crippen molar-refractivity contribution in [3.63, 3.8) is 0 Å². The number of carbonyl (C=O) groups is 1. The standard InChI is InChI=1S/C9H8N2O2S/c12-9(13)6-11-4-3-7(10-11)8-2-1-5-14-8/h1-5H,6H2,(H,12,13). The first kappa shape index (κ1) is 8.96. The number of rotatable bonds is 3. The first-order chi connectivity index (χ1) is 6.75. The van der Waals surface area contributed by atoms with Crippen LogP contribution in [-0.2, 0) is 11.3 Å². The quantitative estimate of drug-likeness (QED) is 0.835. The third-order valence-corrected chi connectivity index (χ3v) is 2.60. The highest BCUT2D eigenvalue weighted by Gasteiger charge is 2.04. The number of nitrogens with zero attached hydrogens (tertiary/aromatic N) is 2. The van der Waals surface area contributed by atoms with Gasteiger partial charge in [-0.2, -0.15) is 5.10 Å². The summed E-state index contributed by atoms with van der Waals surface area (Å²) in [7, 11) is 0. The minimum absolute atomic E-state index is 0.0919. The van der Waals surface area contributed by atoms with E-state index in [9.17, 15) is 4.79 Å². The van der Waals surface area contributed by atoms with Crippen molar-refractivity contribution >= 4 is 17.3 Å². The summed E-state index contributed by atoms with van der Waals surface area (Å²) < 4.78 is 1.41. The van der Waals surface area contributed by atoms with Gasteiger partial charge in [0.15, 0.2) is 0 Å². The summed E-state index contributed by atoms with van der Waals surface area (Å²) in [4.78, 5) is 11.5. The van der Waals surface area contributed by atoms with Crippen molar-refractivity contribution in [1.82, 2.24) is 9.78 Å². The van der Waals surface area contributed by atoms with Crippen molar-refractivity contribution in [3.8, 4) is 10.6 Å². The Balaban J connectivity index is 2.22. The zero-order valence-electron chi connectivity index (χ0n) is 7.25. The molecule has 0 saturated carbocycles. The fourth-order valence-corrected chi connectivity index (χ4v) is 1.83. The molecule has 0 atom stereocenters. The van der Waals surface area contributed by atoms with Crippen LogP contribution in [0.25, 0.3) is 10.6 Å². The van der Waals surface area contributed by atoms with Crippen LogP contribution in [0.15, 0.2) is 29.8 Å². The summed E-state index contributed by atoms with van der Waals surface area (Å²) in [5, 5.41) is 14.7. The van der Waals surface area contributed by atoms with Crippen molar-refractivity contribution in [1.29, 1.82) is 0 Å². The van der Waals surface area contributed by atoms with Crippen molar-refractivity contribution in [2.45, 2.75) is 6.54 Å². The number of aliphatic carboxylic acids is 1. The van der Waals surface area contributed by atoms with Gasteiger partial charge in [-0.25, -0.2) is 0 Å². The van der Waals surface area contributed by atoms with Crippen molar-refractivity contribution in [2.24, 2.45) is 0 Å². The van der Waals surface area contributed by atoms with Crippen LogP contribution in [0.1, 0.15) is 0 Å². The van der Waals surface area contributed by atoms with Crippen LogP contribution in [0.3, 0.4) is 0 Å². The van der Waals surface area contributed by atoms with Gasteiger partial charge in [-0.3, -0.25) is 9.48 Å². The minimum Gasteiger partial charge on any atom is -0.480 e. The van der Waals surface area contributed by atoms with Gasteiger partial charge in [0.1, 0.15) is 12.2 Å². The summed E-state index contributed by atoms with van der Waals surface area (Å²) in [5.74, 6) is -0.883. The van der Waals surface area contributed by atoms with E-state index in [4.69, 9.17) is 5.11 Å². The highest BCUT2D eigenvalue weighted by molar-refractivity contribution is 7.13. The Hall–Kier alpha value is -1.62. The largest absolute Gasteiger partial charge is 0.480 e. The fourth-order valence-electron chi connectivity index (χ4n) is 1.14. The average Bonchev–Trinajstić information content (AvgIpc) is 2.69. The van der Waals surface area contributed by atoms with Crippen molar-refractivity contribution < 1.29 is 9.90 Å². The Morgan fingerprint density at radius 1 is 1.57 bits per heavy atom. The Morgan fingerprint density at radius 3 is 3.07 bits per heavy atom. The molecule has 0 spiro atoms. The molecular formula is C9H8N2O2S. The van der Waals surface area contributed by atoms with Gasteiger partial charge in [0.2, 0.25) is 0 Å². The van der Waals surface area contributed by atoms with Gasteiger partial charge in [0.05, 0.1) is 4.88 Å². The lowest BCUT2D eigenvalue weighted by Crippen LogP contribution is -2.08. The summed E-state index contributed by atoms with van der Waals surface area (Å²) >= 11 is 1.58. The van der Waals surface area contributed by atoms with E-state index in [1.165, 1.54) is 4.68 Å². The molecule has 2 aromatic heterocycles. The number of carboxylic acid groups (broad SMARTS) is 1. The molecule has 0 radical (unpaired) electrons. The molecule has 1 N–H and O–H groups in total. The lowest BCUT2D eigenvalue weighted by Gasteiger charge is -1.93. The summed E-state index contributed by atoms with van der Waals surface area (Å²) in [6.45, 7) is -0.0919. The van der Waals surface area contributed by atoms with Crippen LogP contribution in [-0.4, -0.2) is 20.9 Å². The average molecular weight is 208 g/mol. The molecule has 0 unspecified atom stereocenters. The maximum absolute atomic E-state index is 10.4. The molecule has 0 aliphatic heterocycles. The van der Waals surface area contributed by atoms with E-state index < -0.39 is 5.97 Å². The predicted molar refractivity (Wildman–Crippen MR) is 53.2 cm³/mol. The van der Waals surface area contributed by atoms with Crippen LogP contribution in [0.5, 0.6) is 0 Å². The number of hydrogen-bond donors (Lipinski definition) is 1. The maximum atomic E-state index is 10.4. The van der Waals surface area contributed by atoms with Gasteiger partial charge < -0.3 is 5.11 Å². The Kier molecular flexibility index (Phi) is 2.32. The summed E-state index contributed by atoms with van der Waals surface area (Å²) in [5.41, 5.74) is 0.821. The normalized spacial score (nSPS) is 10.3. The van der Waals surface area contributed by atoms with Crippen molar-refractivity contribution in [2.75, 3.05) is 0 Å². The molecule has 0 aliphatic rings. The molecule has 14 heavy (non-hydrogen) atoms. The molecule has 4 nitrogen and oxygen atoms in total. The van der Waals surface area contributed by atoms with E-state index in [0.717, 1.165) is 10.6 Å². The molecule has 0 fully saturated rings. The number of carboxylic acids is 1. The van der Waals surface area contributed by atoms with Crippen LogP contribution in [0, 0.1) is 0 Å². The molecule has 0 bridgehead atoms. The lowest BCUT2D eigenvalue weighted by atomic mass is 10.3. The number of aromatic nitrogens is 2. The van der Waals surface area contributed by atoms with Gasteiger partial charge in [-0.15, -0.1) is 11.3 Å². The van der Waals surface area contributed by atoms with Crippen molar-refractivity contribution in [3.05, 3.63) is 29.8 Å². The second-order valence-electron chi connectivity index (χ2n) is 2.77. The van der Waals surface area contributed by atoms with Gasteiger partial charge >= 0.3 is 5.97 Å². The summed E-state index contributed by atoms with van der Waals surface area (Å²) in [6, 6.07) is 5.71. The molecule has 0 amide bonds. The third kappa shape index (κ3) is 1.82. The van der Waals surface area contributed by atoms with Crippen LogP contribution >= 0.6 is 11.3 Å². The fraction of sp³-hybridized carbons (Fsp3) is 0.111. The Bertz CT molecular complexity index is 433. The number of thiophene rings is 1. The lowest BCUT2D eigenvalue weighted by molar-refractivity contribution is -0.137. The van der Waals surface area contributed by atoms with Gasteiger partial charge in [-0.05, 0) is 17.5 Å². The van der Waals surface area contributed by atoms with Crippen LogP contribution in [0.2, 0.25) is 0 Å². The second-order valence-corrected chi connectivity index (χ2v) is 3.72.